The smallest absolute Gasteiger partial charge is 0.324 e. The van der Waals surface area contributed by atoms with E-state index in [1.54, 1.807) is 12.1 Å². The first-order valence-corrected chi connectivity index (χ1v) is 9.89. The molecule has 8 nitrogen and oxygen atoms in total. The highest BCUT2D eigenvalue weighted by Crippen LogP contribution is 2.28. The molecule has 0 radical (unpaired) electrons. The fourth-order valence-corrected chi connectivity index (χ4v) is 3.06. The van der Waals surface area contributed by atoms with E-state index in [0.29, 0.717) is 5.56 Å². The van der Waals surface area contributed by atoms with Crippen molar-refractivity contribution in [2.75, 3.05) is 14.2 Å². The fraction of sp³-hybridized carbons (Fsp3) is 0.556. The van der Waals surface area contributed by atoms with Crippen LogP contribution >= 0.6 is 0 Å². The molecule has 0 spiro atoms. The highest BCUT2D eigenvalue weighted by Gasteiger charge is 2.26. The summed E-state index contributed by atoms with van der Waals surface area (Å²) in [4.78, 5) is 26.2. The highest BCUT2D eigenvalue weighted by atomic mass is 32.2. The topological polar surface area (TPSA) is 105 Å². The molecule has 0 aliphatic carbocycles. The maximum atomic E-state index is 12.8. The summed E-state index contributed by atoms with van der Waals surface area (Å²) in [6.45, 7) is 3.94. The molecule has 0 fully saturated rings. The summed E-state index contributed by atoms with van der Waals surface area (Å²) in [5.74, 6) is -0.0794. The van der Waals surface area contributed by atoms with Gasteiger partial charge in [-0.25, -0.2) is 4.79 Å². The third kappa shape index (κ3) is 7.01. The Bertz CT molecular complexity index is 784. The molecule has 0 saturated heterocycles. The van der Waals surface area contributed by atoms with Crippen molar-refractivity contribution in [1.82, 2.24) is 10.2 Å². The number of unbranched alkanes of at least 4 members (excludes halogenated alkanes) is 2. The predicted octanol–water partition coefficient (Wildman–Crippen LogP) is 3.07. The summed E-state index contributed by atoms with van der Waals surface area (Å²) in [6.07, 6.45) is 3.70. The first kappa shape index (κ1) is 22.6. The number of rotatable bonds is 9. The molecular formula is C18H27N3O5S. The Morgan fingerprint density at radius 3 is 2.56 bits per heavy atom. The van der Waals surface area contributed by atoms with Gasteiger partial charge in [0.25, 0.3) is 0 Å². The molecule has 1 aromatic carbocycles. The van der Waals surface area contributed by atoms with Gasteiger partial charge in [-0.1, -0.05) is 32.3 Å². The van der Waals surface area contributed by atoms with Gasteiger partial charge in [-0.15, -0.1) is 4.36 Å². The van der Waals surface area contributed by atoms with Crippen LogP contribution in [-0.2, 0) is 21.7 Å². The molecule has 1 atom stereocenters. The van der Waals surface area contributed by atoms with Crippen LogP contribution in [0.25, 0.3) is 0 Å². The first-order chi connectivity index (χ1) is 12.8. The molecular weight excluding hydrogens is 370 g/mol. The molecule has 3 amide bonds. The van der Waals surface area contributed by atoms with Crippen molar-refractivity contribution in [2.45, 2.75) is 52.0 Å². The standard InChI is InChI=1S/C18H27N3O5S/c1-5-6-7-8-13(2)21(18(23)19-3)17(22)12-14-9-10-16(26-4)15(11-14)20-27(24)25/h9-11,13H,5-8,12H2,1-4H3,(H,19,23)/t13-/m0/s1. The molecule has 0 heterocycles. The molecule has 1 rings (SSSR count). The molecule has 0 aromatic heterocycles. The van der Waals surface area contributed by atoms with Gasteiger partial charge in [0.2, 0.25) is 5.91 Å². The van der Waals surface area contributed by atoms with E-state index in [4.69, 9.17) is 4.74 Å². The van der Waals surface area contributed by atoms with E-state index in [-0.39, 0.29) is 29.8 Å². The number of ether oxygens (including phenoxy) is 1. The minimum absolute atomic E-state index is 0.0520. The van der Waals surface area contributed by atoms with E-state index in [1.165, 1.54) is 25.1 Å². The Hall–Kier alpha value is -2.42. The molecule has 0 aliphatic heterocycles. The van der Waals surface area contributed by atoms with Crippen LogP contribution in [0.3, 0.4) is 0 Å². The second-order valence-electron chi connectivity index (χ2n) is 6.16. The number of benzene rings is 1. The average molecular weight is 397 g/mol. The van der Waals surface area contributed by atoms with Gasteiger partial charge in [-0.05, 0) is 31.0 Å². The second kappa shape index (κ2) is 11.3. The van der Waals surface area contributed by atoms with Gasteiger partial charge < -0.3 is 10.1 Å². The van der Waals surface area contributed by atoms with Crippen molar-refractivity contribution in [1.29, 1.82) is 0 Å². The second-order valence-corrected chi connectivity index (χ2v) is 6.77. The summed E-state index contributed by atoms with van der Waals surface area (Å²) in [6, 6.07) is 3.97. The van der Waals surface area contributed by atoms with Crippen LogP contribution in [0, 0.1) is 0 Å². The Balaban J connectivity index is 3.04. The van der Waals surface area contributed by atoms with Crippen molar-refractivity contribution >= 4 is 28.1 Å². The van der Waals surface area contributed by atoms with Crippen LogP contribution in [0.5, 0.6) is 5.75 Å². The lowest BCUT2D eigenvalue weighted by molar-refractivity contribution is -0.129. The van der Waals surface area contributed by atoms with Crippen LogP contribution in [0.2, 0.25) is 0 Å². The summed E-state index contributed by atoms with van der Waals surface area (Å²) in [5, 5.41) is 2.50. The zero-order chi connectivity index (χ0) is 20.4. The minimum Gasteiger partial charge on any atom is -0.494 e. The zero-order valence-electron chi connectivity index (χ0n) is 16.2. The number of carbonyl (C=O) groups excluding carboxylic acids is 2. The van der Waals surface area contributed by atoms with Crippen LogP contribution in [0.15, 0.2) is 22.6 Å². The number of hydrogen-bond donors (Lipinski definition) is 1. The third-order valence-electron chi connectivity index (χ3n) is 4.14. The molecule has 27 heavy (non-hydrogen) atoms. The van der Waals surface area contributed by atoms with Gasteiger partial charge >= 0.3 is 16.5 Å². The summed E-state index contributed by atoms with van der Waals surface area (Å²) in [7, 11) is 0.239. The number of imide groups is 1. The Labute approximate surface area is 161 Å². The summed E-state index contributed by atoms with van der Waals surface area (Å²) < 4.78 is 30.3. The lowest BCUT2D eigenvalue weighted by Gasteiger charge is -2.27. The molecule has 0 aliphatic rings. The number of nitrogens with zero attached hydrogens (tertiary/aromatic N) is 2. The number of nitrogens with one attached hydrogen (secondary N) is 1. The number of carbonyl (C=O) groups is 2. The van der Waals surface area contributed by atoms with E-state index in [9.17, 15) is 18.0 Å². The average Bonchev–Trinajstić information content (AvgIpc) is 2.61. The monoisotopic (exact) mass is 397 g/mol. The van der Waals surface area contributed by atoms with Crippen molar-refractivity contribution in [2.24, 2.45) is 4.36 Å². The number of amides is 3. The Morgan fingerprint density at radius 2 is 2.00 bits per heavy atom. The lowest BCUT2D eigenvalue weighted by atomic mass is 10.1. The van der Waals surface area contributed by atoms with Gasteiger partial charge in [-0.2, -0.15) is 8.42 Å². The molecule has 0 bridgehead atoms. The van der Waals surface area contributed by atoms with Crippen LogP contribution in [-0.4, -0.2) is 45.5 Å². The minimum atomic E-state index is -2.64. The maximum absolute atomic E-state index is 12.8. The van der Waals surface area contributed by atoms with Crippen molar-refractivity contribution < 1.29 is 22.7 Å². The van der Waals surface area contributed by atoms with Gasteiger partial charge in [0.05, 0.1) is 13.5 Å². The molecule has 9 heteroatoms. The Morgan fingerprint density at radius 1 is 1.30 bits per heavy atom. The van der Waals surface area contributed by atoms with E-state index < -0.39 is 16.5 Å². The SMILES string of the molecule is CCCCC[C@H](C)N(C(=O)Cc1ccc(OC)c(N=S(=O)=O)c1)C(=O)NC. The van der Waals surface area contributed by atoms with Gasteiger partial charge in [-0.3, -0.25) is 9.69 Å². The van der Waals surface area contributed by atoms with E-state index in [0.717, 1.165) is 25.7 Å². The molecule has 1 N–H and O–H groups in total. The van der Waals surface area contributed by atoms with Crippen LogP contribution in [0.1, 0.15) is 45.1 Å². The van der Waals surface area contributed by atoms with E-state index in [2.05, 4.69) is 16.6 Å². The number of urea groups is 1. The quantitative estimate of drug-likeness (QED) is 0.645. The van der Waals surface area contributed by atoms with Crippen LogP contribution < -0.4 is 10.1 Å². The van der Waals surface area contributed by atoms with Crippen molar-refractivity contribution in [3.05, 3.63) is 23.8 Å². The molecule has 1 aromatic rings. The zero-order valence-corrected chi connectivity index (χ0v) is 17.0. The lowest BCUT2D eigenvalue weighted by Crippen LogP contribution is -2.48. The summed E-state index contributed by atoms with van der Waals surface area (Å²) in [5.41, 5.74) is 0.651. The van der Waals surface area contributed by atoms with Crippen molar-refractivity contribution in [3.63, 3.8) is 0 Å². The number of hydrogen-bond acceptors (Lipinski definition) is 6. The largest absolute Gasteiger partial charge is 0.494 e. The van der Waals surface area contributed by atoms with Crippen LogP contribution in [0.4, 0.5) is 10.5 Å². The molecule has 0 saturated carbocycles. The van der Waals surface area contributed by atoms with E-state index in [1.807, 2.05) is 6.92 Å². The fourth-order valence-electron chi connectivity index (χ4n) is 2.76. The maximum Gasteiger partial charge on any atom is 0.324 e. The van der Waals surface area contributed by atoms with Gasteiger partial charge in [0.15, 0.2) is 0 Å². The molecule has 150 valence electrons. The molecule has 0 unspecified atom stereocenters. The van der Waals surface area contributed by atoms with E-state index >= 15 is 0 Å². The highest BCUT2D eigenvalue weighted by molar-refractivity contribution is 7.61. The Kier molecular flexibility index (Phi) is 9.49. The predicted molar refractivity (Wildman–Crippen MR) is 103 cm³/mol. The van der Waals surface area contributed by atoms with Gasteiger partial charge in [0, 0.05) is 13.1 Å². The van der Waals surface area contributed by atoms with Crippen molar-refractivity contribution in [3.8, 4) is 5.75 Å². The van der Waals surface area contributed by atoms with Gasteiger partial charge in [0.1, 0.15) is 11.4 Å². The summed E-state index contributed by atoms with van der Waals surface area (Å²) >= 11 is 0. The number of methoxy groups -OCH3 is 1. The third-order valence-corrected chi connectivity index (χ3v) is 4.48. The normalized spacial score (nSPS) is 11.4. The first-order valence-electron chi connectivity index (χ1n) is 8.85.